The largest absolute Gasteiger partial charge is 0.393 e. The molecule has 1 rings (SSSR count). The van der Waals surface area contributed by atoms with Crippen molar-refractivity contribution >= 4 is 17.5 Å². The topological polar surface area (TPSA) is 49.3 Å². The lowest BCUT2D eigenvalue weighted by Crippen LogP contribution is -2.35. The molecule has 0 aliphatic rings. The molecule has 17 heavy (non-hydrogen) atoms. The van der Waals surface area contributed by atoms with Crippen LogP contribution in [-0.2, 0) is 0 Å². The number of aliphatic hydroxyl groups excluding tert-OH is 1. The molecule has 1 aromatic carbocycles. The van der Waals surface area contributed by atoms with Crippen molar-refractivity contribution in [2.75, 3.05) is 0 Å². The van der Waals surface area contributed by atoms with Crippen LogP contribution in [0.25, 0.3) is 0 Å². The van der Waals surface area contributed by atoms with Crippen molar-refractivity contribution in [3.8, 4) is 0 Å². The van der Waals surface area contributed by atoms with E-state index in [1.807, 2.05) is 19.9 Å². The van der Waals surface area contributed by atoms with Gasteiger partial charge in [0.15, 0.2) is 0 Å². The summed E-state index contributed by atoms with van der Waals surface area (Å²) in [6.07, 6.45) is 0.108. The Hall–Kier alpha value is -1.06. The predicted octanol–water partition coefficient (Wildman–Crippen LogP) is 2.54. The Kier molecular flexibility index (Phi) is 4.97. The Balaban J connectivity index is 2.73. The van der Waals surface area contributed by atoms with Crippen LogP contribution in [0.5, 0.6) is 0 Å². The van der Waals surface area contributed by atoms with E-state index in [-0.39, 0.29) is 11.9 Å². The molecule has 0 saturated carbocycles. The number of rotatable bonds is 4. The molecule has 2 N–H and O–H groups in total. The Bertz CT molecular complexity index is 404. The molecular formula is C13H18ClNO2. The van der Waals surface area contributed by atoms with Gasteiger partial charge in [0.1, 0.15) is 0 Å². The molecule has 0 radical (unpaired) electrons. The van der Waals surface area contributed by atoms with Crippen LogP contribution in [0.4, 0.5) is 0 Å². The molecule has 0 saturated heterocycles. The SMILES string of the molecule is Cc1ccc(Cl)cc1C(=O)NC(C)CC(C)O. The van der Waals surface area contributed by atoms with Crippen LogP contribution in [0.15, 0.2) is 18.2 Å². The minimum atomic E-state index is -0.425. The maximum Gasteiger partial charge on any atom is 0.251 e. The molecule has 4 heteroatoms. The smallest absolute Gasteiger partial charge is 0.251 e. The van der Waals surface area contributed by atoms with Crippen LogP contribution in [-0.4, -0.2) is 23.2 Å². The van der Waals surface area contributed by atoms with Gasteiger partial charge in [-0.1, -0.05) is 17.7 Å². The highest BCUT2D eigenvalue weighted by Crippen LogP contribution is 2.15. The number of hydrogen-bond acceptors (Lipinski definition) is 2. The Labute approximate surface area is 107 Å². The lowest BCUT2D eigenvalue weighted by atomic mass is 10.1. The summed E-state index contributed by atoms with van der Waals surface area (Å²) in [7, 11) is 0. The quantitative estimate of drug-likeness (QED) is 0.869. The standard InChI is InChI=1S/C13H18ClNO2/c1-8-4-5-11(14)7-12(8)13(17)15-9(2)6-10(3)16/h4-5,7,9-10,16H,6H2,1-3H3,(H,15,17). The van der Waals surface area contributed by atoms with Crippen molar-refractivity contribution < 1.29 is 9.90 Å². The third kappa shape index (κ3) is 4.36. The Morgan fingerprint density at radius 2 is 2.12 bits per heavy atom. The van der Waals surface area contributed by atoms with E-state index in [1.54, 1.807) is 19.1 Å². The minimum absolute atomic E-state index is 0.0686. The molecule has 0 bridgehead atoms. The fourth-order valence-corrected chi connectivity index (χ4v) is 1.88. The second-order valence-corrected chi connectivity index (χ2v) is 4.85. The van der Waals surface area contributed by atoms with E-state index >= 15 is 0 Å². The first-order valence-electron chi connectivity index (χ1n) is 5.65. The van der Waals surface area contributed by atoms with Crippen LogP contribution in [0, 0.1) is 6.92 Å². The van der Waals surface area contributed by atoms with Crippen molar-refractivity contribution in [2.24, 2.45) is 0 Å². The lowest BCUT2D eigenvalue weighted by molar-refractivity contribution is 0.0922. The molecule has 2 unspecified atom stereocenters. The van der Waals surface area contributed by atoms with Crippen molar-refractivity contribution in [1.82, 2.24) is 5.32 Å². The molecule has 3 nitrogen and oxygen atoms in total. The van der Waals surface area contributed by atoms with Gasteiger partial charge in [-0.2, -0.15) is 0 Å². The highest BCUT2D eigenvalue weighted by molar-refractivity contribution is 6.31. The second-order valence-electron chi connectivity index (χ2n) is 4.42. The molecule has 0 aliphatic heterocycles. The van der Waals surface area contributed by atoms with Crippen molar-refractivity contribution in [3.63, 3.8) is 0 Å². The summed E-state index contributed by atoms with van der Waals surface area (Å²) >= 11 is 5.86. The highest BCUT2D eigenvalue weighted by Gasteiger charge is 2.13. The van der Waals surface area contributed by atoms with Crippen LogP contribution >= 0.6 is 11.6 Å². The van der Waals surface area contributed by atoms with E-state index < -0.39 is 6.10 Å². The van der Waals surface area contributed by atoms with Crippen LogP contribution in [0.3, 0.4) is 0 Å². The van der Waals surface area contributed by atoms with Gasteiger partial charge in [-0.05, 0) is 44.9 Å². The monoisotopic (exact) mass is 255 g/mol. The molecule has 94 valence electrons. The summed E-state index contributed by atoms with van der Waals surface area (Å²) in [6.45, 7) is 5.43. The summed E-state index contributed by atoms with van der Waals surface area (Å²) < 4.78 is 0. The van der Waals surface area contributed by atoms with E-state index in [4.69, 9.17) is 11.6 Å². The maximum atomic E-state index is 12.0. The number of amides is 1. The van der Waals surface area contributed by atoms with Gasteiger partial charge in [-0.25, -0.2) is 0 Å². The molecule has 0 heterocycles. The first kappa shape index (κ1) is 14.0. The van der Waals surface area contributed by atoms with Gasteiger partial charge >= 0.3 is 0 Å². The number of hydrogen-bond donors (Lipinski definition) is 2. The van der Waals surface area contributed by atoms with E-state index in [0.29, 0.717) is 17.0 Å². The van der Waals surface area contributed by atoms with Gasteiger partial charge < -0.3 is 10.4 Å². The Morgan fingerprint density at radius 1 is 1.47 bits per heavy atom. The Morgan fingerprint density at radius 3 is 2.71 bits per heavy atom. The van der Waals surface area contributed by atoms with Gasteiger partial charge in [0, 0.05) is 16.6 Å². The number of aliphatic hydroxyl groups is 1. The zero-order chi connectivity index (χ0) is 13.0. The lowest BCUT2D eigenvalue weighted by Gasteiger charge is -2.16. The van der Waals surface area contributed by atoms with Crippen molar-refractivity contribution in [1.29, 1.82) is 0 Å². The van der Waals surface area contributed by atoms with Crippen molar-refractivity contribution in [2.45, 2.75) is 39.3 Å². The number of carbonyl (C=O) groups excluding carboxylic acids is 1. The molecule has 0 fully saturated rings. The number of benzene rings is 1. The van der Waals surface area contributed by atoms with E-state index in [2.05, 4.69) is 5.32 Å². The van der Waals surface area contributed by atoms with Gasteiger partial charge in [-0.15, -0.1) is 0 Å². The molecule has 0 aromatic heterocycles. The summed E-state index contributed by atoms with van der Waals surface area (Å²) in [5.74, 6) is -0.154. The number of halogens is 1. The third-order valence-corrected chi connectivity index (χ3v) is 2.75. The van der Waals surface area contributed by atoms with Crippen molar-refractivity contribution in [3.05, 3.63) is 34.3 Å². The fourth-order valence-electron chi connectivity index (χ4n) is 1.71. The number of carbonyl (C=O) groups is 1. The van der Waals surface area contributed by atoms with E-state index in [9.17, 15) is 9.90 Å². The van der Waals surface area contributed by atoms with E-state index in [1.165, 1.54) is 0 Å². The second kappa shape index (κ2) is 6.03. The predicted molar refractivity (Wildman–Crippen MR) is 69.4 cm³/mol. The fraction of sp³-hybridized carbons (Fsp3) is 0.462. The average Bonchev–Trinajstić information content (AvgIpc) is 2.20. The summed E-state index contributed by atoms with van der Waals surface area (Å²) in [6, 6.07) is 5.16. The first-order chi connectivity index (χ1) is 7.90. The van der Waals surface area contributed by atoms with Crippen LogP contribution in [0.2, 0.25) is 5.02 Å². The minimum Gasteiger partial charge on any atom is -0.393 e. The van der Waals surface area contributed by atoms with Gasteiger partial charge in [0.2, 0.25) is 0 Å². The zero-order valence-corrected chi connectivity index (χ0v) is 11.1. The van der Waals surface area contributed by atoms with E-state index in [0.717, 1.165) is 5.56 Å². The van der Waals surface area contributed by atoms with Gasteiger partial charge in [-0.3, -0.25) is 4.79 Å². The number of aryl methyl sites for hydroxylation is 1. The summed E-state index contributed by atoms with van der Waals surface area (Å²) in [5.41, 5.74) is 1.46. The normalized spacial score (nSPS) is 14.2. The van der Waals surface area contributed by atoms with Crippen LogP contribution in [0.1, 0.15) is 36.2 Å². The molecule has 1 amide bonds. The van der Waals surface area contributed by atoms with Gasteiger partial charge in [0.25, 0.3) is 5.91 Å². The van der Waals surface area contributed by atoms with Gasteiger partial charge in [0.05, 0.1) is 6.10 Å². The zero-order valence-electron chi connectivity index (χ0n) is 10.3. The average molecular weight is 256 g/mol. The summed E-state index contributed by atoms with van der Waals surface area (Å²) in [5, 5.41) is 12.6. The molecule has 0 aliphatic carbocycles. The summed E-state index contributed by atoms with van der Waals surface area (Å²) in [4.78, 5) is 12.0. The highest BCUT2D eigenvalue weighted by atomic mass is 35.5. The molecular weight excluding hydrogens is 238 g/mol. The first-order valence-corrected chi connectivity index (χ1v) is 6.03. The third-order valence-electron chi connectivity index (χ3n) is 2.52. The molecule has 2 atom stereocenters. The molecule has 1 aromatic rings. The molecule has 0 spiro atoms. The van der Waals surface area contributed by atoms with Crippen LogP contribution < -0.4 is 5.32 Å². The number of nitrogens with one attached hydrogen (secondary N) is 1. The maximum absolute atomic E-state index is 12.0.